The quantitative estimate of drug-likeness (QED) is 0.680. The third-order valence-electron chi connectivity index (χ3n) is 4.67. The molecule has 4 rings (SSSR count). The monoisotopic (exact) mass is 395 g/mol. The molecule has 0 fully saturated rings. The SMILES string of the molecule is COc1cc(-c2ccc3c(n2)CN(c2cnn(CC(C)O)c2)C3=O)cnc1OC. The van der Waals surface area contributed by atoms with Crippen LogP contribution >= 0.6 is 0 Å². The number of methoxy groups -OCH3 is 2. The Kier molecular flexibility index (Phi) is 4.89. The molecule has 1 atom stereocenters. The second-order valence-electron chi connectivity index (χ2n) is 6.79. The van der Waals surface area contributed by atoms with Crippen molar-refractivity contribution in [1.82, 2.24) is 19.7 Å². The number of fused-ring (bicyclic) bond motifs is 1. The van der Waals surface area contributed by atoms with Crippen molar-refractivity contribution in [1.29, 1.82) is 0 Å². The molecular weight excluding hydrogens is 374 g/mol. The van der Waals surface area contributed by atoms with Gasteiger partial charge in [0.15, 0.2) is 5.75 Å². The zero-order valence-corrected chi connectivity index (χ0v) is 16.4. The average Bonchev–Trinajstić information content (AvgIpc) is 3.30. The second kappa shape index (κ2) is 7.51. The fourth-order valence-corrected chi connectivity index (χ4v) is 3.29. The highest BCUT2D eigenvalue weighted by molar-refractivity contribution is 6.09. The van der Waals surface area contributed by atoms with Gasteiger partial charge in [-0.15, -0.1) is 0 Å². The number of aromatic nitrogens is 4. The number of hydrogen-bond donors (Lipinski definition) is 1. The van der Waals surface area contributed by atoms with Gasteiger partial charge in [-0.25, -0.2) is 4.98 Å². The smallest absolute Gasteiger partial charge is 0.260 e. The van der Waals surface area contributed by atoms with Crippen molar-refractivity contribution in [3.05, 3.63) is 48.0 Å². The highest BCUT2D eigenvalue weighted by atomic mass is 16.5. The first-order chi connectivity index (χ1) is 14.0. The van der Waals surface area contributed by atoms with Gasteiger partial charge in [-0.2, -0.15) is 5.10 Å². The van der Waals surface area contributed by atoms with Gasteiger partial charge in [-0.3, -0.25) is 19.4 Å². The van der Waals surface area contributed by atoms with Crippen LogP contribution in [0.3, 0.4) is 0 Å². The van der Waals surface area contributed by atoms with Crippen LogP contribution in [0.15, 0.2) is 36.8 Å². The number of nitrogens with zero attached hydrogens (tertiary/aromatic N) is 5. The number of carbonyl (C=O) groups is 1. The Balaban J connectivity index is 1.61. The third-order valence-corrected chi connectivity index (χ3v) is 4.67. The minimum absolute atomic E-state index is 0.124. The van der Waals surface area contributed by atoms with Gasteiger partial charge in [-0.05, 0) is 25.1 Å². The van der Waals surface area contributed by atoms with E-state index in [1.165, 1.54) is 7.11 Å². The van der Waals surface area contributed by atoms with Crippen LogP contribution in [0.4, 0.5) is 5.69 Å². The molecule has 150 valence electrons. The van der Waals surface area contributed by atoms with E-state index in [9.17, 15) is 9.90 Å². The van der Waals surface area contributed by atoms with E-state index in [0.29, 0.717) is 47.4 Å². The van der Waals surface area contributed by atoms with Crippen LogP contribution in [0.1, 0.15) is 23.0 Å². The summed E-state index contributed by atoms with van der Waals surface area (Å²) in [7, 11) is 3.08. The summed E-state index contributed by atoms with van der Waals surface area (Å²) in [6, 6.07) is 5.37. The molecule has 1 aliphatic rings. The van der Waals surface area contributed by atoms with Crippen LogP contribution in [-0.4, -0.2) is 51.1 Å². The normalized spacial score (nSPS) is 14.1. The summed E-state index contributed by atoms with van der Waals surface area (Å²) in [5.74, 6) is 0.782. The first-order valence-corrected chi connectivity index (χ1v) is 9.11. The molecule has 0 spiro atoms. The van der Waals surface area contributed by atoms with Gasteiger partial charge < -0.3 is 14.6 Å². The van der Waals surface area contributed by atoms with E-state index >= 15 is 0 Å². The van der Waals surface area contributed by atoms with Crippen LogP contribution in [0.2, 0.25) is 0 Å². The molecule has 0 saturated heterocycles. The molecule has 0 radical (unpaired) electrons. The van der Waals surface area contributed by atoms with Crippen molar-refractivity contribution in [3.63, 3.8) is 0 Å². The standard InChI is InChI=1S/C20H21N5O4/c1-12(26)9-24-10-14(8-22-24)25-11-17-15(20(25)27)4-5-16(23-17)13-6-18(28-2)19(29-3)21-7-13/h4-8,10,12,26H,9,11H2,1-3H3. The molecule has 9 nitrogen and oxygen atoms in total. The molecule has 1 aliphatic heterocycles. The third kappa shape index (κ3) is 3.52. The molecule has 0 aliphatic carbocycles. The lowest BCUT2D eigenvalue weighted by Crippen LogP contribution is -2.22. The Morgan fingerprint density at radius 2 is 2.07 bits per heavy atom. The molecule has 1 unspecified atom stereocenters. The zero-order valence-electron chi connectivity index (χ0n) is 16.4. The molecule has 3 aromatic heterocycles. The van der Waals surface area contributed by atoms with Gasteiger partial charge in [0.25, 0.3) is 11.8 Å². The molecule has 1 amide bonds. The Hall–Kier alpha value is -3.46. The number of aliphatic hydroxyl groups excluding tert-OH is 1. The molecule has 0 bridgehead atoms. The highest BCUT2D eigenvalue weighted by Gasteiger charge is 2.31. The molecule has 0 aromatic carbocycles. The van der Waals surface area contributed by atoms with E-state index in [1.54, 1.807) is 60.4 Å². The van der Waals surface area contributed by atoms with Crippen molar-refractivity contribution in [2.24, 2.45) is 0 Å². The molecule has 9 heteroatoms. The second-order valence-corrected chi connectivity index (χ2v) is 6.79. The summed E-state index contributed by atoms with van der Waals surface area (Å²) in [4.78, 5) is 23.4. The molecule has 0 saturated carbocycles. The van der Waals surface area contributed by atoms with Crippen LogP contribution in [0.5, 0.6) is 11.6 Å². The average molecular weight is 395 g/mol. The lowest BCUT2D eigenvalue weighted by Gasteiger charge is -2.12. The van der Waals surface area contributed by atoms with Crippen molar-refractivity contribution < 1.29 is 19.4 Å². The van der Waals surface area contributed by atoms with Gasteiger partial charge in [0, 0.05) is 18.0 Å². The summed E-state index contributed by atoms with van der Waals surface area (Å²) in [6.07, 6.45) is 4.50. The molecular formula is C20H21N5O4. The predicted octanol–water partition coefficient (Wildman–Crippen LogP) is 1.90. The number of pyridine rings is 2. The number of amides is 1. The predicted molar refractivity (Wildman–Crippen MR) is 105 cm³/mol. The van der Waals surface area contributed by atoms with Gasteiger partial charge in [0.1, 0.15) is 0 Å². The molecule has 4 heterocycles. The van der Waals surface area contributed by atoms with E-state index in [-0.39, 0.29) is 5.91 Å². The topological polar surface area (TPSA) is 103 Å². The van der Waals surface area contributed by atoms with Crippen LogP contribution in [-0.2, 0) is 13.1 Å². The van der Waals surface area contributed by atoms with Gasteiger partial charge in [0.05, 0.1) is 62.2 Å². The maximum Gasteiger partial charge on any atom is 0.260 e. The number of anilines is 1. The zero-order chi connectivity index (χ0) is 20.5. The minimum Gasteiger partial charge on any atom is -0.491 e. The summed E-state index contributed by atoms with van der Waals surface area (Å²) in [6.45, 7) is 2.40. The minimum atomic E-state index is -0.520. The molecule has 3 aromatic rings. The van der Waals surface area contributed by atoms with Gasteiger partial charge in [-0.1, -0.05) is 0 Å². The lowest BCUT2D eigenvalue weighted by atomic mass is 10.1. The first kappa shape index (κ1) is 18.9. The first-order valence-electron chi connectivity index (χ1n) is 9.11. The van der Waals surface area contributed by atoms with Crippen LogP contribution in [0, 0.1) is 0 Å². The van der Waals surface area contributed by atoms with Gasteiger partial charge >= 0.3 is 0 Å². The van der Waals surface area contributed by atoms with E-state index in [2.05, 4.69) is 15.1 Å². The number of aliphatic hydroxyl groups is 1. The summed E-state index contributed by atoms with van der Waals surface area (Å²) >= 11 is 0. The fraction of sp³-hybridized carbons (Fsp3) is 0.300. The number of carbonyl (C=O) groups excluding carboxylic acids is 1. The van der Waals surface area contributed by atoms with E-state index < -0.39 is 6.10 Å². The Labute approximate surface area is 167 Å². The number of rotatable bonds is 6. The lowest BCUT2D eigenvalue weighted by molar-refractivity contribution is 0.0996. The largest absolute Gasteiger partial charge is 0.491 e. The fourth-order valence-electron chi connectivity index (χ4n) is 3.29. The van der Waals surface area contributed by atoms with Crippen molar-refractivity contribution >= 4 is 11.6 Å². The summed E-state index contributed by atoms with van der Waals surface area (Å²) in [5.41, 5.74) is 3.37. The highest BCUT2D eigenvalue weighted by Crippen LogP contribution is 2.32. The van der Waals surface area contributed by atoms with Crippen LogP contribution in [0.25, 0.3) is 11.3 Å². The Bertz CT molecular complexity index is 1060. The Morgan fingerprint density at radius 1 is 1.24 bits per heavy atom. The maximum absolute atomic E-state index is 12.8. The van der Waals surface area contributed by atoms with E-state index in [4.69, 9.17) is 9.47 Å². The van der Waals surface area contributed by atoms with E-state index in [0.717, 1.165) is 5.56 Å². The summed E-state index contributed by atoms with van der Waals surface area (Å²) in [5, 5.41) is 13.7. The van der Waals surface area contributed by atoms with Crippen molar-refractivity contribution in [3.8, 4) is 22.9 Å². The van der Waals surface area contributed by atoms with Gasteiger partial charge in [0.2, 0.25) is 0 Å². The molecule has 29 heavy (non-hydrogen) atoms. The maximum atomic E-state index is 12.8. The van der Waals surface area contributed by atoms with Crippen LogP contribution < -0.4 is 14.4 Å². The summed E-state index contributed by atoms with van der Waals surface area (Å²) < 4.78 is 12.1. The molecule has 1 N–H and O–H groups in total. The Morgan fingerprint density at radius 3 is 2.79 bits per heavy atom. The number of hydrogen-bond acceptors (Lipinski definition) is 7. The number of ether oxygens (including phenoxy) is 2. The van der Waals surface area contributed by atoms with Crippen molar-refractivity contribution in [2.45, 2.75) is 26.1 Å². The van der Waals surface area contributed by atoms with Crippen molar-refractivity contribution in [2.75, 3.05) is 19.1 Å². The van der Waals surface area contributed by atoms with E-state index in [1.807, 2.05) is 0 Å².